The van der Waals surface area contributed by atoms with Gasteiger partial charge >= 0.3 is 0 Å². The van der Waals surface area contributed by atoms with Crippen LogP contribution < -0.4 is 5.32 Å². The number of likely N-dealkylation sites (tertiary alicyclic amines) is 1. The zero-order valence-corrected chi connectivity index (χ0v) is 8.81. The molecule has 0 aliphatic carbocycles. The third-order valence-corrected chi connectivity index (χ3v) is 2.83. The lowest BCUT2D eigenvalue weighted by Gasteiger charge is -2.19. The molecule has 1 aliphatic rings. The predicted octanol–water partition coefficient (Wildman–Crippen LogP) is 1.57. The first-order valence-corrected chi connectivity index (χ1v) is 5.37. The van der Waals surface area contributed by atoms with Gasteiger partial charge in [0.15, 0.2) is 0 Å². The van der Waals surface area contributed by atoms with Gasteiger partial charge in [0.2, 0.25) is 0 Å². The van der Waals surface area contributed by atoms with Crippen molar-refractivity contribution >= 4 is 0 Å². The number of nitrogens with zero attached hydrogens (tertiary/aromatic N) is 1. The van der Waals surface area contributed by atoms with Crippen molar-refractivity contribution in [3.63, 3.8) is 0 Å². The van der Waals surface area contributed by atoms with Gasteiger partial charge in [0.1, 0.15) is 0 Å². The molecule has 1 heterocycles. The van der Waals surface area contributed by atoms with Gasteiger partial charge in [0.05, 0.1) is 6.54 Å². The number of rotatable bonds is 4. The lowest BCUT2D eigenvalue weighted by atomic mass is 10.0. The summed E-state index contributed by atoms with van der Waals surface area (Å²) in [5.74, 6) is 0.669. The minimum Gasteiger partial charge on any atom is -0.319 e. The highest BCUT2D eigenvalue weighted by Gasteiger charge is 2.18. The number of nitrogens with one attached hydrogen (secondary N) is 1. The average molecular weight is 206 g/mol. The summed E-state index contributed by atoms with van der Waals surface area (Å²) in [7, 11) is 1.95. The molecule has 0 spiro atoms. The molecule has 0 radical (unpaired) electrons. The van der Waals surface area contributed by atoms with Crippen LogP contribution in [0, 0.1) is 5.92 Å². The lowest BCUT2D eigenvalue weighted by molar-refractivity contribution is 0.0895. The molecule has 4 heteroatoms. The van der Waals surface area contributed by atoms with E-state index < -0.39 is 6.43 Å². The van der Waals surface area contributed by atoms with E-state index in [1.165, 1.54) is 6.42 Å². The molecule has 1 N–H and O–H groups in total. The Morgan fingerprint density at radius 1 is 1.36 bits per heavy atom. The van der Waals surface area contributed by atoms with Crippen molar-refractivity contribution in [1.29, 1.82) is 0 Å². The van der Waals surface area contributed by atoms with Crippen LogP contribution in [0.3, 0.4) is 0 Å². The maximum Gasteiger partial charge on any atom is 0.251 e. The summed E-state index contributed by atoms with van der Waals surface area (Å²) in [6, 6.07) is 0. The van der Waals surface area contributed by atoms with Crippen LogP contribution in [-0.2, 0) is 0 Å². The van der Waals surface area contributed by atoms with Crippen LogP contribution in [-0.4, -0.2) is 44.6 Å². The number of hydrogen-bond acceptors (Lipinski definition) is 2. The molecule has 1 saturated heterocycles. The van der Waals surface area contributed by atoms with Gasteiger partial charge in [-0.3, -0.25) is 4.90 Å². The Bertz CT molecular complexity index is 153. The summed E-state index contributed by atoms with van der Waals surface area (Å²) < 4.78 is 24.3. The Balaban J connectivity index is 2.25. The highest BCUT2D eigenvalue weighted by molar-refractivity contribution is 4.71. The highest BCUT2D eigenvalue weighted by Crippen LogP contribution is 2.17. The first kappa shape index (κ1) is 11.9. The molecule has 1 aliphatic heterocycles. The van der Waals surface area contributed by atoms with E-state index in [1.54, 1.807) is 0 Å². The van der Waals surface area contributed by atoms with Gasteiger partial charge in [-0.25, -0.2) is 8.78 Å². The zero-order chi connectivity index (χ0) is 10.4. The Kier molecular flexibility index (Phi) is 5.33. The van der Waals surface area contributed by atoms with Crippen molar-refractivity contribution in [2.45, 2.75) is 25.7 Å². The molecule has 14 heavy (non-hydrogen) atoms. The Morgan fingerprint density at radius 3 is 2.79 bits per heavy atom. The molecule has 2 nitrogen and oxygen atoms in total. The maximum absolute atomic E-state index is 12.1. The SMILES string of the molecule is CNCC1CCCN(CC(F)F)CC1. The summed E-state index contributed by atoms with van der Waals surface area (Å²) in [5, 5.41) is 3.15. The van der Waals surface area contributed by atoms with Gasteiger partial charge in [0, 0.05) is 0 Å². The van der Waals surface area contributed by atoms with Crippen molar-refractivity contribution < 1.29 is 8.78 Å². The molecule has 0 aromatic rings. The maximum atomic E-state index is 12.1. The second-order valence-corrected chi connectivity index (χ2v) is 4.05. The Morgan fingerprint density at radius 2 is 2.14 bits per heavy atom. The smallest absolute Gasteiger partial charge is 0.251 e. The van der Waals surface area contributed by atoms with Gasteiger partial charge in [-0.1, -0.05) is 0 Å². The van der Waals surface area contributed by atoms with Gasteiger partial charge < -0.3 is 5.32 Å². The van der Waals surface area contributed by atoms with Crippen molar-refractivity contribution in [3.8, 4) is 0 Å². The lowest BCUT2D eigenvalue weighted by Crippen LogP contribution is -2.30. The number of halogens is 2. The van der Waals surface area contributed by atoms with E-state index >= 15 is 0 Å². The van der Waals surface area contributed by atoms with E-state index in [4.69, 9.17) is 0 Å². The quantitative estimate of drug-likeness (QED) is 0.751. The second kappa shape index (κ2) is 6.30. The van der Waals surface area contributed by atoms with E-state index in [9.17, 15) is 8.78 Å². The van der Waals surface area contributed by atoms with Crippen LogP contribution in [0.15, 0.2) is 0 Å². The molecule has 1 fully saturated rings. The van der Waals surface area contributed by atoms with E-state index in [0.717, 1.165) is 32.5 Å². The molecule has 1 unspecified atom stereocenters. The largest absolute Gasteiger partial charge is 0.319 e. The monoisotopic (exact) mass is 206 g/mol. The molecular formula is C10H20F2N2. The van der Waals surface area contributed by atoms with Crippen LogP contribution in [0.5, 0.6) is 0 Å². The van der Waals surface area contributed by atoms with Crippen molar-refractivity contribution in [2.24, 2.45) is 5.92 Å². The van der Waals surface area contributed by atoms with Crippen LogP contribution in [0.2, 0.25) is 0 Å². The van der Waals surface area contributed by atoms with Crippen LogP contribution >= 0.6 is 0 Å². The van der Waals surface area contributed by atoms with Gasteiger partial charge in [-0.05, 0) is 51.9 Å². The summed E-state index contributed by atoms with van der Waals surface area (Å²) in [6.45, 7) is 2.63. The minimum absolute atomic E-state index is 0.0493. The van der Waals surface area contributed by atoms with Crippen molar-refractivity contribution in [2.75, 3.05) is 33.2 Å². The fourth-order valence-corrected chi connectivity index (χ4v) is 2.10. The third kappa shape index (κ3) is 4.33. The van der Waals surface area contributed by atoms with Crippen molar-refractivity contribution in [1.82, 2.24) is 10.2 Å². The van der Waals surface area contributed by atoms with E-state index in [0.29, 0.717) is 5.92 Å². The molecule has 0 bridgehead atoms. The summed E-state index contributed by atoms with van der Waals surface area (Å²) >= 11 is 0. The minimum atomic E-state index is -2.18. The van der Waals surface area contributed by atoms with E-state index in [1.807, 2.05) is 11.9 Å². The first-order valence-electron chi connectivity index (χ1n) is 5.37. The number of alkyl halides is 2. The van der Waals surface area contributed by atoms with Gasteiger partial charge in [0.25, 0.3) is 6.43 Å². The summed E-state index contributed by atoms with van der Waals surface area (Å²) in [4.78, 5) is 1.89. The van der Waals surface area contributed by atoms with Crippen LogP contribution in [0.4, 0.5) is 8.78 Å². The summed E-state index contributed by atoms with van der Waals surface area (Å²) in [5.41, 5.74) is 0. The molecule has 0 amide bonds. The van der Waals surface area contributed by atoms with Gasteiger partial charge in [-0.15, -0.1) is 0 Å². The van der Waals surface area contributed by atoms with E-state index in [-0.39, 0.29) is 6.54 Å². The Hall–Kier alpha value is -0.220. The van der Waals surface area contributed by atoms with Crippen molar-refractivity contribution in [3.05, 3.63) is 0 Å². The van der Waals surface area contributed by atoms with Crippen LogP contribution in [0.1, 0.15) is 19.3 Å². The molecule has 1 atom stereocenters. The molecule has 0 aromatic heterocycles. The highest BCUT2D eigenvalue weighted by atomic mass is 19.3. The molecule has 1 rings (SSSR count). The molecule has 0 aromatic carbocycles. The number of hydrogen-bond donors (Lipinski definition) is 1. The van der Waals surface area contributed by atoms with E-state index in [2.05, 4.69) is 5.32 Å². The fraction of sp³-hybridized carbons (Fsp3) is 1.00. The third-order valence-electron chi connectivity index (χ3n) is 2.83. The second-order valence-electron chi connectivity index (χ2n) is 4.05. The molecular weight excluding hydrogens is 186 g/mol. The normalized spacial score (nSPS) is 25.3. The standard InChI is InChI=1S/C10H20F2N2/c1-13-7-9-3-2-5-14(6-4-9)8-10(11)12/h9-10,13H,2-8H2,1H3. The Labute approximate surface area is 84.7 Å². The predicted molar refractivity (Wildman–Crippen MR) is 53.7 cm³/mol. The fourth-order valence-electron chi connectivity index (χ4n) is 2.10. The average Bonchev–Trinajstić information content (AvgIpc) is 2.31. The van der Waals surface area contributed by atoms with Gasteiger partial charge in [-0.2, -0.15) is 0 Å². The van der Waals surface area contributed by atoms with Crippen LogP contribution in [0.25, 0.3) is 0 Å². The molecule has 84 valence electrons. The topological polar surface area (TPSA) is 15.3 Å². The summed E-state index contributed by atoms with van der Waals surface area (Å²) in [6.07, 6.45) is 1.09. The first-order chi connectivity index (χ1) is 6.72. The zero-order valence-electron chi connectivity index (χ0n) is 8.81. The molecule has 0 saturated carbocycles.